The van der Waals surface area contributed by atoms with Crippen molar-refractivity contribution in [1.82, 2.24) is 14.5 Å². The van der Waals surface area contributed by atoms with E-state index in [-0.39, 0.29) is 18.3 Å². The van der Waals surface area contributed by atoms with Crippen molar-refractivity contribution in [1.29, 1.82) is 0 Å². The normalized spacial score (nSPS) is 17.9. The van der Waals surface area contributed by atoms with Crippen LogP contribution in [-0.2, 0) is 17.5 Å². The predicted molar refractivity (Wildman–Crippen MR) is 85.0 cm³/mol. The molecule has 0 aromatic carbocycles. The third kappa shape index (κ3) is 3.63. The van der Waals surface area contributed by atoms with E-state index in [4.69, 9.17) is 0 Å². The van der Waals surface area contributed by atoms with Gasteiger partial charge >= 0.3 is 6.18 Å². The Balaban J connectivity index is 1.89. The number of alkyl halides is 3. The SMILES string of the molecule is CC(=O)N1CCC(O)(Cn2cc(C)cc3cc(C(F)(F)F)nc2-3)CC1. The Hall–Kier alpha value is -2.09. The molecule has 0 aromatic rings. The highest BCUT2D eigenvalue weighted by molar-refractivity contribution is 5.73. The molecular formula is C17H20F3N3O2. The molecule has 25 heavy (non-hydrogen) atoms. The van der Waals surface area contributed by atoms with E-state index in [1.54, 1.807) is 28.7 Å². The predicted octanol–water partition coefficient (Wildman–Crippen LogP) is 2.69. The quantitative estimate of drug-likeness (QED) is 0.901. The number of rotatable bonds is 2. The van der Waals surface area contributed by atoms with Crippen molar-refractivity contribution in [3.63, 3.8) is 0 Å². The highest BCUT2D eigenvalue weighted by Gasteiger charge is 2.37. The molecule has 0 spiro atoms. The van der Waals surface area contributed by atoms with Gasteiger partial charge in [0.2, 0.25) is 5.91 Å². The van der Waals surface area contributed by atoms with Crippen LogP contribution >= 0.6 is 0 Å². The number of aryl methyl sites for hydroxylation is 1. The number of nitrogens with zero attached hydrogens (tertiary/aromatic N) is 3. The fraction of sp³-hybridized carbons (Fsp3) is 0.529. The molecule has 1 N–H and O–H groups in total. The minimum atomic E-state index is -4.51. The number of likely N-dealkylation sites (tertiary alicyclic amines) is 1. The van der Waals surface area contributed by atoms with Gasteiger partial charge in [-0.25, -0.2) is 4.98 Å². The monoisotopic (exact) mass is 355 g/mol. The number of hydrogen-bond donors (Lipinski definition) is 1. The number of pyridine rings is 1. The second-order valence-corrected chi connectivity index (χ2v) is 6.79. The first-order valence-corrected chi connectivity index (χ1v) is 8.10. The number of hydrogen-bond acceptors (Lipinski definition) is 3. The molecule has 0 unspecified atom stereocenters. The highest BCUT2D eigenvalue weighted by atomic mass is 19.4. The van der Waals surface area contributed by atoms with Crippen LogP contribution in [0.4, 0.5) is 13.2 Å². The van der Waals surface area contributed by atoms with Gasteiger partial charge in [-0.1, -0.05) is 0 Å². The third-order valence-electron chi connectivity index (χ3n) is 4.69. The van der Waals surface area contributed by atoms with E-state index in [9.17, 15) is 23.1 Å². The number of fused-ring (bicyclic) bond motifs is 1. The zero-order valence-corrected chi connectivity index (χ0v) is 14.1. The first-order valence-electron chi connectivity index (χ1n) is 8.10. The van der Waals surface area contributed by atoms with E-state index in [1.807, 2.05) is 0 Å². The molecule has 0 saturated carbocycles. The Morgan fingerprint density at radius 2 is 1.96 bits per heavy atom. The van der Waals surface area contributed by atoms with E-state index in [0.29, 0.717) is 31.5 Å². The van der Waals surface area contributed by atoms with Crippen molar-refractivity contribution < 1.29 is 23.1 Å². The molecule has 3 aliphatic heterocycles. The van der Waals surface area contributed by atoms with E-state index in [1.165, 1.54) is 6.92 Å². The molecular weight excluding hydrogens is 335 g/mol. The Kier molecular flexibility index (Phi) is 4.26. The number of carbonyl (C=O) groups excluding carboxylic acids is 1. The number of aromatic nitrogens is 2. The summed E-state index contributed by atoms with van der Waals surface area (Å²) in [7, 11) is 0. The van der Waals surface area contributed by atoms with Gasteiger partial charge in [-0.2, -0.15) is 13.2 Å². The number of carbonyl (C=O) groups is 1. The molecule has 0 atom stereocenters. The van der Waals surface area contributed by atoms with Crippen LogP contribution in [0, 0.1) is 6.92 Å². The summed E-state index contributed by atoms with van der Waals surface area (Å²) in [4.78, 5) is 16.8. The lowest BCUT2D eigenvalue weighted by molar-refractivity contribution is -0.140. The largest absolute Gasteiger partial charge is 0.433 e. The Labute approximate surface area is 143 Å². The fourth-order valence-electron chi connectivity index (χ4n) is 3.33. The summed E-state index contributed by atoms with van der Waals surface area (Å²) in [5.41, 5.74) is -0.815. The molecule has 1 amide bonds. The van der Waals surface area contributed by atoms with Crippen LogP contribution in [0.2, 0.25) is 0 Å². The number of piperidine rings is 1. The van der Waals surface area contributed by atoms with Gasteiger partial charge in [0, 0.05) is 31.8 Å². The topological polar surface area (TPSA) is 58.4 Å². The fourth-order valence-corrected chi connectivity index (χ4v) is 3.33. The number of amides is 1. The Bertz CT molecular complexity index is 761. The molecule has 3 aliphatic rings. The maximum Gasteiger partial charge on any atom is 0.433 e. The summed E-state index contributed by atoms with van der Waals surface area (Å²) in [5, 5.41) is 10.8. The summed E-state index contributed by atoms with van der Waals surface area (Å²) < 4.78 is 40.4. The van der Waals surface area contributed by atoms with E-state index in [2.05, 4.69) is 4.98 Å². The summed E-state index contributed by atoms with van der Waals surface area (Å²) in [6, 6.07) is 2.68. The number of halogens is 3. The molecule has 3 heterocycles. The molecule has 1 saturated heterocycles. The highest BCUT2D eigenvalue weighted by Crippen LogP contribution is 2.35. The Morgan fingerprint density at radius 3 is 2.52 bits per heavy atom. The van der Waals surface area contributed by atoms with Crippen LogP contribution in [0.3, 0.4) is 0 Å². The maximum absolute atomic E-state index is 13.0. The molecule has 136 valence electrons. The van der Waals surface area contributed by atoms with Gasteiger partial charge in [0.25, 0.3) is 0 Å². The van der Waals surface area contributed by atoms with Crippen LogP contribution in [0.1, 0.15) is 31.0 Å². The van der Waals surface area contributed by atoms with Gasteiger partial charge in [0.05, 0.1) is 12.1 Å². The standard InChI is InChI=1S/C17H20F3N3O2/c1-11-7-13-8-14(17(18,19)20)21-15(13)23(9-11)10-16(25)3-5-22(6-4-16)12(2)24/h7-9,25H,3-6,10H2,1-2H3. The molecule has 5 nitrogen and oxygen atoms in total. The summed E-state index contributed by atoms with van der Waals surface area (Å²) in [5.74, 6) is 0.167. The van der Waals surface area contributed by atoms with Gasteiger partial charge < -0.3 is 14.6 Å². The Morgan fingerprint density at radius 1 is 1.32 bits per heavy atom. The van der Waals surface area contributed by atoms with E-state index in [0.717, 1.165) is 11.6 Å². The van der Waals surface area contributed by atoms with Crippen LogP contribution in [0.15, 0.2) is 18.3 Å². The van der Waals surface area contributed by atoms with Crippen LogP contribution in [0.25, 0.3) is 11.4 Å². The van der Waals surface area contributed by atoms with E-state index < -0.39 is 17.5 Å². The van der Waals surface area contributed by atoms with Crippen molar-refractivity contribution in [2.45, 2.75) is 45.0 Å². The minimum absolute atomic E-state index is 0.0415. The second-order valence-electron chi connectivity index (χ2n) is 6.79. The second kappa shape index (κ2) is 6.01. The molecule has 0 bridgehead atoms. The average Bonchev–Trinajstić information content (AvgIpc) is 2.91. The van der Waals surface area contributed by atoms with Gasteiger partial charge in [0.1, 0.15) is 11.5 Å². The van der Waals surface area contributed by atoms with Crippen LogP contribution in [0.5, 0.6) is 0 Å². The maximum atomic E-state index is 13.0. The van der Waals surface area contributed by atoms with Gasteiger partial charge in [-0.3, -0.25) is 4.79 Å². The zero-order valence-electron chi connectivity index (χ0n) is 14.1. The van der Waals surface area contributed by atoms with Gasteiger partial charge in [0.15, 0.2) is 0 Å². The lowest BCUT2D eigenvalue weighted by Crippen LogP contribution is -2.48. The van der Waals surface area contributed by atoms with E-state index >= 15 is 0 Å². The first-order chi connectivity index (χ1) is 11.6. The zero-order chi connectivity index (χ0) is 18.4. The molecule has 3 rings (SSSR count). The molecule has 8 heteroatoms. The van der Waals surface area contributed by atoms with Crippen molar-refractivity contribution in [3.8, 4) is 11.4 Å². The molecule has 0 aliphatic carbocycles. The summed E-state index contributed by atoms with van der Waals surface area (Å²) >= 11 is 0. The lowest BCUT2D eigenvalue weighted by Gasteiger charge is -2.38. The minimum Gasteiger partial charge on any atom is -0.388 e. The summed E-state index contributed by atoms with van der Waals surface area (Å²) in [6.45, 7) is 4.28. The number of aliphatic hydroxyl groups is 1. The van der Waals surface area contributed by atoms with Crippen LogP contribution in [-0.4, -0.2) is 44.2 Å². The van der Waals surface area contributed by atoms with Crippen molar-refractivity contribution in [2.24, 2.45) is 0 Å². The lowest BCUT2D eigenvalue weighted by atomic mass is 9.91. The molecule has 0 radical (unpaired) electrons. The molecule has 1 fully saturated rings. The van der Waals surface area contributed by atoms with Crippen LogP contribution < -0.4 is 0 Å². The summed E-state index contributed by atoms with van der Waals surface area (Å²) in [6.07, 6.45) is -2.05. The smallest absolute Gasteiger partial charge is 0.388 e. The van der Waals surface area contributed by atoms with Crippen molar-refractivity contribution >= 4 is 5.91 Å². The first kappa shape index (κ1) is 17.7. The third-order valence-corrected chi connectivity index (χ3v) is 4.69. The van der Waals surface area contributed by atoms with Crippen molar-refractivity contribution in [2.75, 3.05) is 13.1 Å². The molecule has 0 aromatic heterocycles. The average molecular weight is 355 g/mol. The van der Waals surface area contributed by atoms with Crippen molar-refractivity contribution in [3.05, 3.63) is 29.6 Å². The van der Waals surface area contributed by atoms with Gasteiger partial charge in [-0.15, -0.1) is 0 Å². The van der Waals surface area contributed by atoms with Gasteiger partial charge in [-0.05, 0) is 37.5 Å².